The Morgan fingerprint density at radius 1 is 1.11 bits per heavy atom. The van der Waals surface area contributed by atoms with Crippen LogP contribution in [0.4, 0.5) is 14.5 Å². The molecule has 1 fully saturated rings. The van der Waals surface area contributed by atoms with Gasteiger partial charge in [-0.3, -0.25) is 4.90 Å². The largest absolute Gasteiger partial charge is 0.367 e. The molecule has 1 aromatic rings. The molecule has 1 heterocycles. The summed E-state index contributed by atoms with van der Waals surface area (Å²) in [5, 5.41) is 0. The van der Waals surface area contributed by atoms with Gasteiger partial charge in [0.05, 0.1) is 5.69 Å². The van der Waals surface area contributed by atoms with Crippen LogP contribution in [0.25, 0.3) is 0 Å². The molecule has 0 atom stereocenters. The molecule has 2 nitrogen and oxygen atoms in total. The molecule has 6 heteroatoms. The van der Waals surface area contributed by atoms with Gasteiger partial charge < -0.3 is 4.90 Å². The normalized spacial score (nSPS) is 16.3. The summed E-state index contributed by atoms with van der Waals surface area (Å²) in [5.74, 6) is -0.339. The molecule has 0 aromatic heterocycles. The first-order chi connectivity index (χ1) is 8.70. The number of piperazine rings is 1. The fourth-order valence-electron chi connectivity index (χ4n) is 2.23. The highest BCUT2D eigenvalue weighted by molar-refractivity contribution is 6.17. The van der Waals surface area contributed by atoms with E-state index in [0.717, 1.165) is 45.2 Å². The quantitative estimate of drug-likeness (QED) is 0.788. The van der Waals surface area contributed by atoms with E-state index in [-0.39, 0.29) is 12.4 Å². The van der Waals surface area contributed by atoms with Gasteiger partial charge in [0.25, 0.3) is 0 Å². The highest BCUT2D eigenvalue weighted by atomic mass is 35.5. The first-order valence-electron chi connectivity index (χ1n) is 6.19. The van der Waals surface area contributed by atoms with Crippen LogP contribution in [0.5, 0.6) is 0 Å². The topological polar surface area (TPSA) is 6.48 Å². The Morgan fingerprint density at radius 3 is 2.37 bits per heavy atom. The molecule has 0 saturated carbocycles. The van der Waals surface area contributed by atoms with Crippen LogP contribution in [0.1, 0.15) is 6.42 Å². The molecular weight excluding hydrogens is 293 g/mol. The van der Waals surface area contributed by atoms with Crippen molar-refractivity contribution in [3.63, 3.8) is 0 Å². The Hall–Kier alpha value is -0.580. The van der Waals surface area contributed by atoms with Crippen LogP contribution >= 0.6 is 24.0 Å². The van der Waals surface area contributed by atoms with Crippen LogP contribution in [0, 0.1) is 11.6 Å². The maximum absolute atomic E-state index is 13.6. The van der Waals surface area contributed by atoms with E-state index in [1.165, 1.54) is 12.1 Å². The predicted molar refractivity (Wildman–Crippen MR) is 77.6 cm³/mol. The Kier molecular flexibility index (Phi) is 6.83. The average molecular weight is 311 g/mol. The maximum Gasteiger partial charge on any atom is 0.149 e. The van der Waals surface area contributed by atoms with E-state index in [4.69, 9.17) is 11.6 Å². The van der Waals surface area contributed by atoms with Crippen molar-refractivity contribution in [3.05, 3.63) is 29.8 Å². The third-order valence-electron chi connectivity index (χ3n) is 3.23. The Bertz CT molecular complexity index is 396. The van der Waals surface area contributed by atoms with Gasteiger partial charge in [0.1, 0.15) is 11.6 Å². The molecule has 1 aliphatic heterocycles. The molecule has 2 rings (SSSR count). The highest BCUT2D eigenvalue weighted by Crippen LogP contribution is 2.21. The van der Waals surface area contributed by atoms with Gasteiger partial charge in [-0.2, -0.15) is 0 Å². The van der Waals surface area contributed by atoms with E-state index in [1.54, 1.807) is 0 Å². The zero-order chi connectivity index (χ0) is 13.0. The van der Waals surface area contributed by atoms with Crippen LogP contribution in [0.3, 0.4) is 0 Å². The van der Waals surface area contributed by atoms with E-state index in [0.29, 0.717) is 11.6 Å². The second-order valence-corrected chi connectivity index (χ2v) is 4.84. The van der Waals surface area contributed by atoms with Crippen LogP contribution in [-0.4, -0.2) is 43.5 Å². The maximum atomic E-state index is 13.6. The molecule has 1 aliphatic rings. The fraction of sp³-hybridized carbons (Fsp3) is 0.538. The predicted octanol–water partition coefficient (Wildman–Crippen LogP) is 3.14. The van der Waals surface area contributed by atoms with E-state index in [9.17, 15) is 8.78 Å². The molecule has 0 amide bonds. The van der Waals surface area contributed by atoms with Gasteiger partial charge in [-0.1, -0.05) is 0 Å². The average Bonchev–Trinajstić information content (AvgIpc) is 2.37. The van der Waals surface area contributed by atoms with Gasteiger partial charge in [-0.05, 0) is 25.1 Å². The highest BCUT2D eigenvalue weighted by Gasteiger charge is 2.19. The van der Waals surface area contributed by atoms with E-state index in [1.807, 2.05) is 4.90 Å². The second kappa shape index (κ2) is 7.88. The van der Waals surface area contributed by atoms with Crippen molar-refractivity contribution in [2.45, 2.75) is 6.42 Å². The lowest BCUT2D eigenvalue weighted by Gasteiger charge is -2.36. The zero-order valence-corrected chi connectivity index (χ0v) is 12.2. The Labute approximate surface area is 123 Å². The summed E-state index contributed by atoms with van der Waals surface area (Å²) < 4.78 is 26.5. The summed E-state index contributed by atoms with van der Waals surface area (Å²) in [4.78, 5) is 4.28. The molecule has 0 aliphatic carbocycles. The third kappa shape index (κ3) is 4.48. The number of hydrogen-bond donors (Lipinski definition) is 0. The number of hydrogen-bond acceptors (Lipinski definition) is 2. The molecule has 19 heavy (non-hydrogen) atoms. The van der Waals surface area contributed by atoms with Gasteiger partial charge in [0, 0.05) is 38.1 Å². The summed E-state index contributed by atoms with van der Waals surface area (Å²) in [6.45, 7) is 4.32. The molecular formula is C13H18Cl2F2N2. The van der Waals surface area contributed by atoms with Crippen LogP contribution < -0.4 is 4.90 Å². The van der Waals surface area contributed by atoms with Crippen molar-refractivity contribution in [2.24, 2.45) is 0 Å². The lowest BCUT2D eigenvalue weighted by Crippen LogP contribution is -2.47. The molecule has 0 radical (unpaired) electrons. The summed E-state index contributed by atoms with van der Waals surface area (Å²) in [6, 6.07) is 3.76. The van der Waals surface area contributed by atoms with Crippen LogP contribution in [0.2, 0.25) is 0 Å². The fourth-order valence-corrected chi connectivity index (χ4v) is 2.35. The Balaban J connectivity index is 0.00000180. The lowest BCUT2D eigenvalue weighted by atomic mass is 10.2. The molecule has 1 saturated heterocycles. The first kappa shape index (κ1) is 16.5. The van der Waals surface area contributed by atoms with Crippen molar-refractivity contribution in [1.29, 1.82) is 0 Å². The van der Waals surface area contributed by atoms with Crippen LogP contribution in [0.15, 0.2) is 18.2 Å². The monoisotopic (exact) mass is 310 g/mol. The smallest absolute Gasteiger partial charge is 0.149 e. The summed E-state index contributed by atoms with van der Waals surface area (Å²) >= 11 is 5.66. The van der Waals surface area contributed by atoms with Gasteiger partial charge in [0.15, 0.2) is 0 Å². The van der Waals surface area contributed by atoms with Crippen molar-refractivity contribution < 1.29 is 8.78 Å². The molecule has 0 spiro atoms. The SMILES string of the molecule is Cl.Fc1ccc(N2CCN(CCCCl)CC2)c(F)c1. The lowest BCUT2D eigenvalue weighted by molar-refractivity contribution is 0.258. The minimum absolute atomic E-state index is 0. The number of alkyl halides is 1. The molecule has 1 aromatic carbocycles. The van der Waals surface area contributed by atoms with Crippen LogP contribution in [-0.2, 0) is 0 Å². The summed E-state index contributed by atoms with van der Waals surface area (Å²) in [5.41, 5.74) is 0.494. The number of benzene rings is 1. The van der Waals surface area contributed by atoms with Gasteiger partial charge in [-0.25, -0.2) is 8.78 Å². The third-order valence-corrected chi connectivity index (χ3v) is 3.50. The van der Waals surface area contributed by atoms with E-state index in [2.05, 4.69) is 4.90 Å². The Morgan fingerprint density at radius 2 is 1.79 bits per heavy atom. The molecule has 0 bridgehead atoms. The van der Waals surface area contributed by atoms with Crippen molar-refractivity contribution in [1.82, 2.24) is 4.90 Å². The standard InChI is InChI=1S/C13H17ClF2N2.ClH/c14-4-1-5-17-6-8-18(9-7-17)13-3-2-11(15)10-12(13)16;/h2-3,10H,1,4-9H2;1H. The van der Waals surface area contributed by atoms with Gasteiger partial charge in [0.2, 0.25) is 0 Å². The molecule has 108 valence electrons. The van der Waals surface area contributed by atoms with E-state index < -0.39 is 11.6 Å². The first-order valence-corrected chi connectivity index (χ1v) is 6.72. The van der Waals surface area contributed by atoms with E-state index >= 15 is 0 Å². The minimum atomic E-state index is -0.531. The number of anilines is 1. The van der Waals surface area contributed by atoms with Gasteiger partial charge in [-0.15, -0.1) is 24.0 Å². The minimum Gasteiger partial charge on any atom is -0.367 e. The number of halogens is 4. The second-order valence-electron chi connectivity index (χ2n) is 4.47. The van der Waals surface area contributed by atoms with Gasteiger partial charge >= 0.3 is 0 Å². The number of rotatable bonds is 4. The molecule has 0 N–H and O–H groups in total. The number of nitrogens with zero attached hydrogens (tertiary/aromatic N) is 2. The zero-order valence-electron chi connectivity index (χ0n) is 10.6. The van der Waals surface area contributed by atoms with Crippen molar-refractivity contribution in [3.8, 4) is 0 Å². The van der Waals surface area contributed by atoms with Crippen molar-refractivity contribution in [2.75, 3.05) is 43.5 Å². The molecule has 0 unspecified atom stereocenters. The summed E-state index contributed by atoms with van der Waals surface area (Å²) in [6.07, 6.45) is 0.979. The van der Waals surface area contributed by atoms with Crippen molar-refractivity contribution >= 4 is 29.7 Å². The summed E-state index contributed by atoms with van der Waals surface area (Å²) in [7, 11) is 0.